The summed E-state index contributed by atoms with van der Waals surface area (Å²) in [6, 6.07) is 1.98. The normalized spacial score (nSPS) is 15.2. The van der Waals surface area contributed by atoms with Crippen LogP contribution in [0.3, 0.4) is 0 Å². The minimum Gasteiger partial charge on any atom is -0.465 e. The minimum atomic E-state index is -1.01. The molecule has 0 aliphatic heterocycles. The molecule has 110 valence electrons. The van der Waals surface area contributed by atoms with E-state index in [9.17, 15) is 14.7 Å². The van der Waals surface area contributed by atoms with Gasteiger partial charge in [0.2, 0.25) is 0 Å². The number of aromatic nitrogens is 1. The molecule has 1 aromatic rings. The van der Waals surface area contributed by atoms with Gasteiger partial charge in [-0.1, -0.05) is 0 Å². The van der Waals surface area contributed by atoms with E-state index in [2.05, 4.69) is 4.98 Å². The average Bonchev–Trinajstić information content (AvgIpc) is 3.08. The monoisotopic (exact) mass is 278 g/mol. The first-order valence-corrected chi connectivity index (χ1v) is 6.93. The highest BCUT2D eigenvalue weighted by molar-refractivity contribution is 5.66. The second-order valence-electron chi connectivity index (χ2n) is 6.53. The average molecular weight is 278 g/mol. The number of nitrogens with one attached hydrogen (secondary N) is 1. The van der Waals surface area contributed by atoms with Gasteiger partial charge in [0, 0.05) is 16.8 Å². The van der Waals surface area contributed by atoms with Gasteiger partial charge < -0.3 is 10.1 Å². The Morgan fingerprint density at radius 3 is 2.45 bits per heavy atom. The first-order chi connectivity index (χ1) is 9.20. The van der Waals surface area contributed by atoms with Gasteiger partial charge in [-0.25, -0.2) is 4.79 Å². The number of carbonyl (C=O) groups is 1. The molecule has 0 unspecified atom stereocenters. The Kier molecular flexibility index (Phi) is 3.63. The third-order valence-corrected chi connectivity index (χ3v) is 3.75. The van der Waals surface area contributed by atoms with Crippen molar-refractivity contribution in [2.75, 3.05) is 0 Å². The van der Waals surface area contributed by atoms with E-state index in [1.165, 1.54) is 4.90 Å². The first-order valence-electron chi connectivity index (χ1n) is 6.93. The first kappa shape index (κ1) is 14.6. The van der Waals surface area contributed by atoms with Gasteiger partial charge in [-0.15, -0.1) is 0 Å². The topological polar surface area (TPSA) is 73.4 Å². The lowest BCUT2D eigenvalue weighted by Crippen LogP contribution is -2.45. The molecular formula is C15H22N2O3. The molecule has 20 heavy (non-hydrogen) atoms. The molecule has 1 heterocycles. The summed E-state index contributed by atoms with van der Waals surface area (Å²) in [6.07, 6.45) is 1.23. The van der Waals surface area contributed by atoms with Crippen molar-refractivity contribution in [1.29, 1.82) is 0 Å². The van der Waals surface area contributed by atoms with E-state index in [4.69, 9.17) is 0 Å². The molecule has 0 radical (unpaired) electrons. The number of hydrogen-bond donors (Lipinski definition) is 2. The van der Waals surface area contributed by atoms with Gasteiger partial charge in [0.1, 0.15) is 0 Å². The maximum atomic E-state index is 12.2. The van der Waals surface area contributed by atoms with Crippen LogP contribution in [0.2, 0.25) is 0 Å². The Morgan fingerprint density at radius 1 is 1.45 bits per heavy atom. The summed E-state index contributed by atoms with van der Waals surface area (Å²) in [4.78, 5) is 27.8. The molecule has 1 aliphatic rings. The third kappa shape index (κ3) is 3.03. The zero-order valence-electron chi connectivity index (χ0n) is 12.5. The molecule has 0 atom stereocenters. The predicted molar refractivity (Wildman–Crippen MR) is 77.1 cm³/mol. The highest BCUT2D eigenvalue weighted by Crippen LogP contribution is 2.38. The van der Waals surface area contributed by atoms with Crippen molar-refractivity contribution >= 4 is 6.09 Å². The molecule has 1 fully saturated rings. The number of rotatable bonds is 3. The Labute approximate surface area is 118 Å². The molecule has 5 nitrogen and oxygen atoms in total. The van der Waals surface area contributed by atoms with Crippen LogP contribution in [0.15, 0.2) is 10.9 Å². The summed E-state index contributed by atoms with van der Waals surface area (Å²) in [7, 11) is 0. The Hall–Kier alpha value is -1.78. The highest BCUT2D eigenvalue weighted by atomic mass is 16.4. The molecule has 2 rings (SSSR count). The lowest BCUT2D eigenvalue weighted by Gasteiger charge is -2.33. The van der Waals surface area contributed by atoms with Crippen molar-refractivity contribution in [1.82, 2.24) is 9.88 Å². The van der Waals surface area contributed by atoms with Crippen LogP contribution in [0.25, 0.3) is 0 Å². The molecular weight excluding hydrogens is 256 g/mol. The molecule has 0 spiro atoms. The van der Waals surface area contributed by atoms with Crippen LogP contribution < -0.4 is 5.56 Å². The van der Waals surface area contributed by atoms with Gasteiger partial charge in [-0.2, -0.15) is 0 Å². The fraction of sp³-hybridized carbons (Fsp3) is 0.600. The molecule has 5 heteroatoms. The van der Waals surface area contributed by atoms with Crippen LogP contribution in [0, 0.1) is 6.92 Å². The number of aromatic amines is 1. The maximum Gasteiger partial charge on any atom is 0.408 e. The zero-order chi connectivity index (χ0) is 15.1. The van der Waals surface area contributed by atoms with Gasteiger partial charge in [0.15, 0.2) is 0 Å². The smallest absolute Gasteiger partial charge is 0.408 e. The molecule has 0 aromatic carbocycles. The summed E-state index contributed by atoms with van der Waals surface area (Å²) in [6.45, 7) is 7.46. The highest BCUT2D eigenvalue weighted by Gasteiger charge is 2.29. The fourth-order valence-electron chi connectivity index (χ4n) is 2.30. The summed E-state index contributed by atoms with van der Waals surface area (Å²) in [5.74, 6) is 0.480. The molecule has 1 aliphatic carbocycles. The van der Waals surface area contributed by atoms with E-state index in [1.807, 2.05) is 33.8 Å². The third-order valence-electron chi connectivity index (χ3n) is 3.75. The SMILES string of the molecule is Cc1cc(C2CC2)[nH]c(=O)c1CN(C(=O)O)C(C)(C)C. The molecule has 0 bridgehead atoms. The Bertz CT molecular complexity index is 580. The van der Waals surface area contributed by atoms with Crippen LogP contribution >= 0.6 is 0 Å². The van der Waals surface area contributed by atoms with E-state index in [0.29, 0.717) is 11.5 Å². The van der Waals surface area contributed by atoms with Crippen LogP contribution in [0.4, 0.5) is 4.79 Å². The van der Waals surface area contributed by atoms with Crippen molar-refractivity contribution < 1.29 is 9.90 Å². The number of nitrogens with zero attached hydrogens (tertiary/aromatic N) is 1. The van der Waals surface area contributed by atoms with Gasteiger partial charge in [0.25, 0.3) is 5.56 Å². The van der Waals surface area contributed by atoms with E-state index < -0.39 is 11.6 Å². The van der Waals surface area contributed by atoms with Crippen molar-refractivity contribution in [3.05, 3.63) is 33.2 Å². The van der Waals surface area contributed by atoms with Gasteiger partial charge in [-0.05, 0) is 58.1 Å². The standard InChI is InChI=1S/C15H22N2O3/c1-9-7-12(10-5-6-10)16-13(18)11(9)8-17(14(19)20)15(2,3)4/h7,10H,5-6,8H2,1-4H3,(H,16,18)(H,19,20). The van der Waals surface area contributed by atoms with Gasteiger partial charge in [-0.3, -0.25) is 9.69 Å². The van der Waals surface area contributed by atoms with E-state index >= 15 is 0 Å². The van der Waals surface area contributed by atoms with Crippen molar-refractivity contribution in [2.45, 2.75) is 58.5 Å². The second kappa shape index (κ2) is 4.96. The fourth-order valence-corrected chi connectivity index (χ4v) is 2.30. The van der Waals surface area contributed by atoms with Crippen LogP contribution in [0.1, 0.15) is 56.4 Å². The second-order valence-corrected chi connectivity index (χ2v) is 6.53. The summed E-state index contributed by atoms with van der Waals surface area (Å²) in [5.41, 5.74) is 1.68. The van der Waals surface area contributed by atoms with Gasteiger partial charge >= 0.3 is 6.09 Å². The van der Waals surface area contributed by atoms with E-state index in [0.717, 1.165) is 24.1 Å². The molecule has 0 saturated heterocycles. The Morgan fingerprint density at radius 2 is 2.05 bits per heavy atom. The predicted octanol–water partition coefficient (Wildman–Crippen LogP) is 2.84. The van der Waals surface area contributed by atoms with Crippen molar-refractivity contribution in [3.63, 3.8) is 0 Å². The van der Waals surface area contributed by atoms with Crippen molar-refractivity contribution in [3.8, 4) is 0 Å². The zero-order valence-corrected chi connectivity index (χ0v) is 12.5. The number of H-pyrrole nitrogens is 1. The van der Waals surface area contributed by atoms with Gasteiger partial charge in [0.05, 0.1) is 6.54 Å². The number of aryl methyl sites for hydroxylation is 1. The molecule has 2 N–H and O–H groups in total. The molecule has 1 aromatic heterocycles. The van der Waals surface area contributed by atoms with Crippen LogP contribution in [-0.4, -0.2) is 26.6 Å². The summed E-state index contributed by atoms with van der Waals surface area (Å²) < 4.78 is 0. The van der Waals surface area contributed by atoms with Crippen molar-refractivity contribution in [2.24, 2.45) is 0 Å². The number of pyridine rings is 1. The molecule has 1 amide bonds. The van der Waals surface area contributed by atoms with E-state index in [1.54, 1.807) is 0 Å². The molecule has 1 saturated carbocycles. The van der Waals surface area contributed by atoms with E-state index in [-0.39, 0.29) is 12.1 Å². The van der Waals surface area contributed by atoms with Crippen LogP contribution in [0.5, 0.6) is 0 Å². The maximum absolute atomic E-state index is 12.2. The summed E-state index contributed by atoms with van der Waals surface area (Å²) in [5, 5.41) is 9.32. The Balaban J connectivity index is 2.33. The summed E-state index contributed by atoms with van der Waals surface area (Å²) >= 11 is 0. The lowest BCUT2D eigenvalue weighted by molar-refractivity contribution is 0.0952. The minimum absolute atomic E-state index is 0.116. The number of amides is 1. The lowest BCUT2D eigenvalue weighted by atomic mass is 10.0. The quantitative estimate of drug-likeness (QED) is 0.893. The van der Waals surface area contributed by atoms with Crippen LogP contribution in [-0.2, 0) is 6.54 Å². The number of carboxylic acid groups (broad SMARTS) is 1. The number of hydrogen-bond acceptors (Lipinski definition) is 2. The largest absolute Gasteiger partial charge is 0.465 e.